The molecule has 23 heavy (non-hydrogen) atoms. The molecule has 0 spiro atoms. The molecule has 0 unspecified atom stereocenters. The highest BCUT2D eigenvalue weighted by molar-refractivity contribution is 7.92. The molecule has 0 aliphatic carbocycles. The Labute approximate surface area is 135 Å². The molecule has 0 amide bonds. The van der Waals surface area contributed by atoms with E-state index in [0.29, 0.717) is 5.69 Å². The Kier molecular flexibility index (Phi) is 4.04. The predicted molar refractivity (Wildman–Crippen MR) is 89.8 cm³/mol. The molecule has 3 rings (SSSR count). The van der Waals surface area contributed by atoms with Gasteiger partial charge in [-0.05, 0) is 37.6 Å². The molecule has 0 saturated carbocycles. The molecule has 0 bridgehead atoms. The van der Waals surface area contributed by atoms with E-state index in [2.05, 4.69) is 14.7 Å². The molecular weight excluding hydrogens is 312 g/mol. The van der Waals surface area contributed by atoms with Crippen LogP contribution in [0.1, 0.15) is 26.3 Å². The molecular formula is C16H18N4O2S. The van der Waals surface area contributed by atoms with Gasteiger partial charge in [-0.15, -0.1) is 0 Å². The number of aromatic nitrogens is 3. The number of hydrogen-bond acceptors (Lipinski definition) is 4. The third kappa shape index (κ3) is 3.19. The van der Waals surface area contributed by atoms with Crippen LogP contribution < -0.4 is 4.72 Å². The molecule has 2 heterocycles. The van der Waals surface area contributed by atoms with Gasteiger partial charge in [0.25, 0.3) is 10.0 Å². The number of benzene rings is 1. The van der Waals surface area contributed by atoms with Gasteiger partial charge in [0.05, 0.1) is 11.8 Å². The minimum Gasteiger partial charge on any atom is -0.333 e. The first kappa shape index (κ1) is 15.5. The van der Waals surface area contributed by atoms with Crippen molar-refractivity contribution in [1.82, 2.24) is 14.5 Å². The molecule has 0 aliphatic rings. The van der Waals surface area contributed by atoms with Crippen molar-refractivity contribution in [2.24, 2.45) is 0 Å². The lowest BCUT2D eigenvalue weighted by molar-refractivity contribution is 0.529. The summed E-state index contributed by atoms with van der Waals surface area (Å²) < 4.78 is 29.3. The summed E-state index contributed by atoms with van der Waals surface area (Å²) in [7, 11) is -3.71. The van der Waals surface area contributed by atoms with Crippen LogP contribution in [0.25, 0.3) is 10.9 Å². The minimum absolute atomic E-state index is 0.0177. The van der Waals surface area contributed by atoms with E-state index in [9.17, 15) is 8.42 Å². The lowest BCUT2D eigenvalue weighted by atomic mass is 10.2. The first-order valence-electron chi connectivity index (χ1n) is 7.40. The van der Waals surface area contributed by atoms with Crippen LogP contribution in [0, 0.1) is 0 Å². The predicted octanol–water partition coefficient (Wildman–Crippen LogP) is 3.20. The van der Waals surface area contributed by atoms with Gasteiger partial charge in [0.1, 0.15) is 0 Å². The van der Waals surface area contributed by atoms with Crippen molar-refractivity contribution in [2.45, 2.75) is 31.3 Å². The minimum atomic E-state index is -3.71. The maximum Gasteiger partial charge on any atom is 0.280 e. The molecule has 1 atom stereocenters. The van der Waals surface area contributed by atoms with E-state index in [0.717, 1.165) is 17.3 Å². The van der Waals surface area contributed by atoms with Crippen molar-refractivity contribution in [3.05, 3.63) is 49.1 Å². The SMILES string of the molecule is CC[C@@H](C)n1cnc(S(=O)(=O)Nc2ccc3ncccc3c2)c1. The monoisotopic (exact) mass is 330 g/mol. The molecule has 7 heteroatoms. The second-order valence-electron chi connectivity index (χ2n) is 5.43. The average Bonchev–Trinajstić information content (AvgIpc) is 3.04. The van der Waals surface area contributed by atoms with Crippen molar-refractivity contribution < 1.29 is 8.42 Å². The fraction of sp³-hybridized carbons (Fsp3) is 0.250. The van der Waals surface area contributed by atoms with Crippen LogP contribution in [0.3, 0.4) is 0 Å². The second-order valence-corrected chi connectivity index (χ2v) is 7.06. The number of fused-ring (bicyclic) bond motifs is 1. The second kappa shape index (κ2) is 6.00. The van der Waals surface area contributed by atoms with E-state index in [1.165, 1.54) is 0 Å². The van der Waals surface area contributed by atoms with Gasteiger partial charge in [0.15, 0.2) is 5.03 Å². The Hall–Kier alpha value is -2.41. The summed E-state index contributed by atoms with van der Waals surface area (Å²) in [6.45, 7) is 4.06. The number of nitrogens with zero attached hydrogens (tertiary/aromatic N) is 3. The lowest BCUT2D eigenvalue weighted by Gasteiger charge is -2.09. The van der Waals surface area contributed by atoms with Crippen LogP contribution in [0.15, 0.2) is 54.1 Å². The summed E-state index contributed by atoms with van der Waals surface area (Å²) in [4.78, 5) is 8.23. The third-order valence-electron chi connectivity index (χ3n) is 3.81. The van der Waals surface area contributed by atoms with Crippen LogP contribution in [0.4, 0.5) is 5.69 Å². The highest BCUT2D eigenvalue weighted by Crippen LogP contribution is 2.20. The van der Waals surface area contributed by atoms with Gasteiger partial charge in [-0.2, -0.15) is 8.42 Å². The van der Waals surface area contributed by atoms with Crippen LogP contribution >= 0.6 is 0 Å². The molecule has 3 aromatic rings. The van der Waals surface area contributed by atoms with Gasteiger partial charge in [-0.3, -0.25) is 9.71 Å². The van der Waals surface area contributed by atoms with Gasteiger partial charge in [-0.1, -0.05) is 13.0 Å². The largest absolute Gasteiger partial charge is 0.333 e. The van der Waals surface area contributed by atoms with Crippen molar-refractivity contribution in [2.75, 3.05) is 4.72 Å². The van der Waals surface area contributed by atoms with E-state index in [-0.39, 0.29) is 11.1 Å². The van der Waals surface area contributed by atoms with Crippen molar-refractivity contribution in [3.8, 4) is 0 Å². The summed E-state index contributed by atoms with van der Waals surface area (Å²) in [5.74, 6) is 0. The number of pyridine rings is 1. The quantitative estimate of drug-likeness (QED) is 0.779. The fourth-order valence-corrected chi connectivity index (χ4v) is 3.24. The van der Waals surface area contributed by atoms with E-state index >= 15 is 0 Å². The highest BCUT2D eigenvalue weighted by Gasteiger charge is 2.18. The summed E-state index contributed by atoms with van der Waals surface area (Å²) >= 11 is 0. The van der Waals surface area contributed by atoms with Crippen molar-refractivity contribution in [1.29, 1.82) is 0 Å². The van der Waals surface area contributed by atoms with Crippen LogP contribution in [-0.4, -0.2) is 23.0 Å². The normalized spacial score (nSPS) is 13.1. The molecule has 1 N–H and O–H groups in total. The van der Waals surface area contributed by atoms with Gasteiger partial charge in [0.2, 0.25) is 0 Å². The summed E-state index contributed by atoms with van der Waals surface area (Å²) in [5, 5.41) is 0.891. The van der Waals surface area contributed by atoms with Crippen molar-refractivity contribution in [3.63, 3.8) is 0 Å². The van der Waals surface area contributed by atoms with Crippen LogP contribution in [0.2, 0.25) is 0 Å². The number of nitrogens with one attached hydrogen (secondary N) is 1. The van der Waals surface area contributed by atoms with E-state index in [1.807, 2.05) is 26.0 Å². The maximum atomic E-state index is 12.5. The molecule has 2 aromatic heterocycles. The standard InChI is InChI=1S/C16H18N4O2S/c1-3-12(2)20-10-16(18-11-20)23(21,22)19-14-6-7-15-13(9-14)5-4-8-17-15/h4-12,19H,3H2,1-2H3/t12-/m1/s1. The van der Waals surface area contributed by atoms with Crippen LogP contribution in [-0.2, 0) is 10.0 Å². The number of rotatable bonds is 5. The summed E-state index contributed by atoms with van der Waals surface area (Å²) in [5.41, 5.74) is 1.31. The first-order valence-corrected chi connectivity index (χ1v) is 8.89. The lowest BCUT2D eigenvalue weighted by Crippen LogP contribution is -2.13. The van der Waals surface area contributed by atoms with E-state index < -0.39 is 10.0 Å². The number of imidazole rings is 1. The smallest absolute Gasteiger partial charge is 0.280 e. The fourth-order valence-electron chi connectivity index (χ4n) is 2.25. The van der Waals surface area contributed by atoms with Gasteiger partial charge >= 0.3 is 0 Å². The number of anilines is 1. The van der Waals surface area contributed by atoms with Gasteiger partial charge in [0, 0.05) is 29.5 Å². The summed E-state index contributed by atoms with van der Waals surface area (Å²) in [6, 6.07) is 9.14. The Morgan fingerprint density at radius 2 is 2.09 bits per heavy atom. The van der Waals surface area contributed by atoms with Crippen LogP contribution in [0.5, 0.6) is 0 Å². The molecule has 0 radical (unpaired) electrons. The van der Waals surface area contributed by atoms with Gasteiger partial charge < -0.3 is 4.57 Å². The van der Waals surface area contributed by atoms with E-state index in [1.54, 1.807) is 41.5 Å². The number of hydrogen-bond donors (Lipinski definition) is 1. The summed E-state index contributed by atoms with van der Waals surface area (Å²) in [6.07, 6.45) is 5.71. The molecule has 1 aromatic carbocycles. The number of sulfonamides is 1. The Morgan fingerprint density at radius 3 is 2.87 bits per heavy atom. The van der Waals surface area contributed by atoms with Gasteiger partial charge in [-0.25, -0.2) is 4.98 Å². The molecule has 0 fully saturated rings. The highest BCUT2D eigenvalue weighted by atomic mass is 32.2. The molecule has 0 aliphatic heterocycles. The van der Waals surface area contributed by atoms with E-state index in [4.69, 9.17) is 0 Å². The first-order chi connectivity index (χ1) is 11.0. The zero-order chi connectivity index (χ0) is 16.4. The Morgan fingerprint density at radius 1 is 1.26 bits per heavy atom. The Bertz CT molecular complexity index is 934. The zero-order valence-corrected chi connectivity index (χ0v) is 13.8. The third-order valence-corrected chi connectivity index (χ3v) is 5.07. The molecule has 6 nitrogen and oxygen atoms in total. The Balaban J connectivity index is 1.88. The maximum absolute atomic E-state index is 12.5. The molecule has 0 saturated heterocycles. The average molecular weight is 330 g/mol. The zero-order valence-electron chi connectivity index (χ0n) is 13.0. The molecule has 120 valence electrons. The van der Waals surface area contributed by atoms with Crippen molar-refractivity contribution >= 4 is 26.6 Å². The topological polar surface area (TPSA) is 76.9 Å².